The van der Waals surface area contributed by atoms with Gasteiger partial charge in [0.2, 0.25) is 11.8 Å². The first-order valence-electron chi connectivity index (χ1n) is 10.6. The first-order chi connectivity index (χ1) is 15.9. The molecular formula is C24H31N3O6. The van der Waals surface area contributed by atoms with E-state index in [1.807, 2.05) is 6.92 Å². The maximum atomic E-state index is 13.1. The number of benzene rings is 2. The van der Waals surface area contributed by atoms with Crippen molar-refractivity contribution in [1.29, 1.82) is 0 Å². The van der Waals surface area contributed by atoms with Crippen LogP contribution in [-0.2, 0) is 9.59 Å². The van der Waals surface area contributed by atoms with Gasteiger partial charge in [0.1, 0.15) is 17.2 Å². The summed E-state index contributed by atoms with van der Waals surface area (Å²) in [4.78, 5) is 39.2. The van der Waals surface area contributed by atoms with Crippen LogP contribution in [0.5, 0.6) is 17.2 Å². The van der Waals surface area contributed by atoms with Crippen LogP contribution >= 0.6 is 0 Å². The van der Waals surface area contributed by atoms with Crippen LogP contribution < -0.4 is 24.8 Å². The highest BCUT2D eigenvalue weighted by Crippen LogP contribution is 2.26. The van der Waals surface area contributed by atoms with Crippen LogP contribution in [0.2, 0.25) is 0 Å². The molecule has 0 fully saturated rings. The van der Waals surface area contributed by atoms with Gasteiger partial charge in [-0.25, -0.2) is 0 Å². The number of ether oxygens (including phenoxy) is 3. The number of carbonyl (C=O) groups is 3. The summed E-state index contributed by atoms with van der Waals surface area (Å²) < 4.78 is 15.6. The molecule has 0 unspecified atom stereocenters. The molecule has 0 saturated heterocycles. The molecule has 0 heterocycles. The molecule has 2 rings (SSSR count). The van der Waals surface area contributed by atoms with E-state index in [2.05, 4.69) is 10.6 Å². The fraction of sp³-hybridized carbons (Fsp3) is 0.375. The molecule has 0 spiro atoms. The lowest BCUT2D eigenvalue weighted by Gasteiger charge is -2.23. The molecule has 2 aromatic rings. The van der Waals surface area contributed by atoms with Crippen molar-refractivity contribution in [1.82, 2.24) is 10.2 Å². The highest BCUT2D eigenvalue weighted by Gasteiger charge is 2.22. The van der Waals surface area contributed by atoms with Crippen LogP contribution in [0.3, 0.4) is 0 Å². The molecule has 3 amide bonds. The van der Waals surface area contributed by atoms with Crippen molar-refractivity contribution < 1.29 is 28.6 Å². The van der Waals surface area contributed by atoms with Crippen LogP contribution in [0.4, 0.5) is 5.69 Å². The summed E-state index contributed by atoms with van der Waals surface area (Å²) in [6, 6.07) is 11.7. The average molecular weight is 458 g/mol. The fourth-order valence-electron chi connectivity index (χ4n) is 3.03. The van der Waals surface area contributed by atoms with E-state index in [0.717, 1.165) is 12.8 Å². The molecule has 0 aliphatic rings. The van der Waals surface area contributed by atoms with Crippen LogP contribution in [0.1, 0.15) is 30.1 Å². The maximum Gasteiger partial charge on any atom is 0.258 e. The highest BCUT2D eigenvalue weighted by atomic mass is 16.5. The van der Waals surface area contributed by atoms with Crippen molar-refractivity contribution in [2.24, 2.45) is 0 Å². The first-order valence-corrected chi connectivity index (χ1v) is 10.6. The van der Waals surface area contributed by atoms with Gasteiger partial charge in [0.15, 0.2) is 0 Å². The van der Waals surface area contributed by atoms with Gasteiger partial charge in [-0.2, -0.15) is 0 Å². The van der Waals surface area contributed by atoms with Gasteiger partial charge in [0.25, 0.3) is 5.91 Å². The van der Waals surface area contributed by atoms with E-state index >= 15 is 0 Å². The summed E-state index contributed by atoms with van der Waals surface area (Å²) in [5.41, 5.74) is 0.917. The number of amides is 3. The standard InChI is InChI=1S/C24H31N3O6/c1-5-6-13-27(24(30)20-12-11-19(32-3)14-21(20)33-4)16-23(29)25-15-22(28)26-17-7-9-18(31-2)10-8-17/h7-12,14H,5-6,13,15-16H2,1-4H3,(H,25,29)(H,26,28). The normalized spacial score (nSPS) is 10.2. The number of anilines is 1. The molecule has 0 aliphatic heterocycles. The number of carbonyl (C=O) groups excluding carboxylic acids is 3. The third-order valence-electron chi connectivity index (χ3n) is 4.86. The van der Waals surface area contributed by atoms with E-state index in [0.29, 0.717) is 35.0 Å². The number of unbranched alkanes of at least 4 members (excludes halogenated alkanes) is 1. The minimum absolute atomic E-state index is 0.177. The molecule has 9 heteroatoms. The lowest BCUT2D eigenvalue weighted by molar-refractivity contribution is -0.124. The molecule has 0 radical (unpaired) electrons. The van der Waals surface area contributed by atoms with Gasteiger partial charge in [-0.1, -0.05) is 13.3 Å². The second kappa shape index (κ2) is 12.9. The first kappa shape index (κ1) is 25.5. The van der Waals surface area contributed by atoms with E-state index < -0.39 is 5.91 Å². The maximum absolute atomic E-state index is 13.1. The summed E-state index contributed by atoms with van der Waals surface area (Å²) in [6.07, 6.45) is 1.59. The Labute approximate surface area is 194 Å². The molecule has 0 bridgehead atoms. The summed E-state index contributed by atoms with van der Waals surface area (Å²) in [5.74, 6) is 0.449. The fourth-order valence-corrected chi connectivity index (χ4v) is 3.03. The quantitative estimate of drug-likeness (QED) is 0.508. The highest BCUT2D eigenvalue weighted by molar-refractivity contribution is 6.00. The van der Waals surface area contributed by atoms with Gasteiger partial charge in [0, 0.05) is 18.3 Å². The molecule has 0 aromatic heterocycles. The lowest BCUT2D eigenvalue weighted by atomic mass is 10.1. The van der Waals surface area contributed by atoms with Gasteiger partial charge in [-0.15, -0.1) is 0 Å². The predicted octanol–water partition coefficient (Wildman–Crippen LogP) is 2.71. The molecule has 178 valence electrons. The zero-order valence-electron chi connectivity index (χ0n) is 19.5. The minimum Gasteiger partial charge on any atom is -0.497 e. The Morgan fingerprint density at radius 2 is 1.55 bits per heavy atom. The third kappa shape index (κ3) is 7.71. The van der Waals surface area contributed by atoms with Crippen molar-refractivity contribution in [2.45, 2.75) is 19.8 Å². The number of rotatable bonds is 12. The van der Waals surface area contributed by atoms with Gasteiger partial charge < -0.3 is 29.7 Å². The number of nitrogens with zero attached hydrogens (tertiary/aromatic N) is 1. The van der Waals surface area contributed by atoms with E-state index in [1.165, 1.54) is 19.1 Å². The molecule has 2 aromatic carbocycles. The molecule has 33 heavy (non-hydrogen) atoms. The van der Waals surface area contributed by atoms with Crippen LogP contribution in [0.15, 0.2) is 42.5 Å². The van der Waals surface area contributed by atoms with Crippen molar-refractivity contribution >= 4 is 23.4 Å². The summed E-state index contributed by atoms with van der Waals surface area (Å²) in [6.45, 7) is 2.01. The largest absolute Gasteiger partial charge is 0.497 e. The number of nitrogens with one attached hydrogen (secondary N) is 2. The smallest absolute Gasteiger partial charge is 0.258 e. The van der Waals surface area contributed by atoms with Crippen LogP contribution in [0.25, 0.3) is 0 Å². The Balaban J connectivity index is 1.98. The van der Waals surface area contributed by atoms with E-state index in [4.69, 9.17) is 14.2 Å². The Kier molecular flexibility index (Phi) is 10.0. The van der Waals surface area contributed by atoms with Gasteiger partial charge in [0.05, 0.1) is 40.0 Å². The van der Waals surface area contributed by atoms with Crippen LogP contribution in [0, 0.1) is 0 Å². The van der Waals surface area contributed by atoms with E-state index in [-0.39, 0.29) is 24.9 Å². The Bertz CT molecular complexity index is 946. The van der Waals surface area contributed by atoms with Crippen LogP contribution in [-0.4, -0.2) is 63.6 Å². The van der Waals surface area contributed by atoms with Crippen molar-refractivity contribution in [3.8, 4) is 17.2 Å². The Morgan fingerprint density at radius 3 is 2.15 bits per heavy atom. The molecule has 0 aliphatic carbocycles. The SMILES string of the molecule is CCCCN(CC(=O)NCC(=O)Nc1ccc(OC)cc1)C(=O)c1ccc(OC)cc1OC. The van der Waals surface area contributed by atoms with Gasteiger partial charge in [-0.05, 0) is 42.8 Å². The summed E-state index contributed by atoms with van der Waals surface area (Å²) in [7, 11) is 4.55. The lowest BCUT2D eigenvalue weighted by Crippen LogP contribution is -2.43. The van der Waals surface area contributed by atoms with E-state index in [1.54, 1.807) is 49.6 Å². The predicted molar refractivity (Wildman–Crippen MR) is 125 cm³/mol. The second-order valence-electron chi connectivity index (χ2n) is 7.20. The number of methoxy groups -OCH3 is 3. The molecule has 0 saturated carbocycles. The zero-order chi connectivity index (χ0) is 24.2. The Morgan fingerprint density at radius 1 is 0.879 bits per heavy atom. The number of hydrogen-bond acceptors (Lipinski definition) is 6. The Hall–Kier alpha value is -3.75. The topological polar surface area (TPSA) is 106 Å². The van der Waals surface area contributed by atoms with Crippen molar-refractivity contribution in [3.05, 3.63) is 48.0 Å². The molecule has 9 nitrogen and oxygen atoms in total. The summed E-state index contributed by atoms with van der Waals surface area (Å²) in [5, 5.41) is 5.26. The molecular weight excluding hydrogens is 426 g/mol. The van der Waals surface area contributed by atoms with E-state index in [9.17, 15) is 14.4 Å². The monoisotopic (exact) mass is 457 g/mol. The second-order valence-corrected chi connectivity index (χ2v) is 7.20. The molecule has 2 N–H and O–H groups in total. The average Bonchev–Trinajstić information content (AvgIpc) is 2.84. The van der Waals surface area contributed by atoms with Crippen molar-refractivity contribution in [2.75, 3.05) is 46.3 Å². The van der Waals surface area contributed by atoms with Gasteiger partial charge in [-0.3, -0.25) is 14.4 Å². The zero-order valence-corrected chi connectivity index (χ0v) is 19.5. The third-order valence-corrected chi connectivity index (χ3v) is 4.86. The summed E-state index contributed by atoms with van der Waals surface area (Å²) >= 11 is 0. The van der Waals surface area contributed by atoms with Gasteiger partial charge >= 0.3 is 0 Å². The number of hydrogen-bond donors (Lipinski definition) is 2. The van der Waals surface area contributed by atoms with Crippen molar-refractivity contribution in [3.63, 3.8) is 0 Å². The minimum atomic E-state index is -0.434. The molecule has 0 atom stereocenters.